The first kappa shape index (κ1) is 15.7. The number of benzene rings is 1. The molecule has 0 aromatic heterocycles. The molecule has 0 bridgehead atoms. The molecule has 0 fully saturated rings. The zero-order valence-electron chi connectivity index (χ0n) is 11.9. The Morgan fingerprint density at radius 1 is 1.26 bits per heavy atom. The molecular weight excluding hydrogens is 238 g/mol. The first-order chi connectivity index (χ1) is 9.13. The third kappa shape index (κ3) is 6.36. The second kappa shape index (κ2) is 8.67. The van der Waals surface area contributed by atoms with Crippen molar-refractivity contribution in [2.75, 3.05) is 6.54 Å². The first-order valence-electron chi connectivity index (χ1n) is 7.10. The van der Waals surface area contributed by atoms with Gasteiger partial charge in [-0.15, -0.1) is 0 Å². The summed E-state index contributed by atoms with van der Waals surface area (Å²) in [7, 11) is 0. The van der Waals surface area contributed by atoms with Crippen molar-refractivity contribution >= 4 is 5.91 Å². The Morgan fingerprint density at radius 2 is 1.95 bits per heavy atom. The van der Waals surface area contributed by atoms with Gasteiger partial charge in [0.05, 0.1) is 6.54 Å². The Balaban J connectivity index is 2.31. The Kier molecular flexibility index (Phi) is 7.15. The Hall–Kier alpha value is -1.39. The third-order valence-corrected chi connectivity index (χ3v) is 3.20. The fourth-order valence-corrected chi connectivity index (χ4v) is 2.08. The minimum atomic E-state index is -0.148. The van der Waals surface area contributed by atoms with E-state index in [0.29, 0.717) is 0 Å². The second-order valence-corrected chi connectivity index (χ2v) is 5.15. The van der Waals surface area contributed by atoms with Crippen LogP contribution in [0.4, 0.5) is 0 Å². The molecule has 0 aliphatic carbocycles. The lowest BCUT2D eigenvalue weighted by molar-refractivity contribution is -0.406. The Morgan fingerprint density at radius 3 is 2.58 bits per heavy atom. The van der Waals surface area contributed by atoms with Gasteiger partial charge in [0.1, 0.15) is 0 Å². The zero-order chi connectivity index (χ0) is 14.1. The van der Waals surface area contributed by atoms with Crippen LogP contribution < -0.4 is 16.8 Å². The number of hydrogen-bond acceptors (Lipinski definition) is 1. The summed E-state index contributed by atoms with van der Waals surface area (Å²) in [5.74, 6) is 0.0625. The molecule has 1 aromatic carbocycles. The summed E-state index contributed by atoms with van der Waals surface area (Å²) >= 11 is 0. The summed E-state index contributed by atoms with van der Waals surface area (Å²) in [5, 5.41) is 3.04. The number of carbonyl (C=O) groups is 1. The van der Waals surface area contributed by atoms with Crippen molar-refractivity contribution in [3.05, 3.63) is 35.9 Å². The lowest BCUT2D eigenvalue weighted by Crippen LogP contribution is -2.68. The molecule has 2 atom stereocenters. The van der Waals surface area contributed by atoms with Gasteiger partial charge in [0.15, 0.2) is 6.04 Å². The molecule has 19 heavy (non-hydrogen) atoms. The van der Waals surface area contributed by atoms with E-state index in [9.17, 15) is 4.79 Å². The molecule has 0 aliphatic rings. The van der Waals surface area contributed by atoms with Crippen LogP contribution >= 0.6 is 0 Å². The van der Waals surface area contributed by atoms with E-state index in [1.54, 1.807) is 0 Å². The monoisotopic (exact) mass is 265 g/mol. The first-order valence-corrected chi connectivity index (χ1v) is 7.10. The maximum absolute atomic E-state index is 11.9. The summed E-state index contributed by atoms with van der Waals surface area (Å²) in [6.45, 7) is 2.96. The van der Waals surface area contributed by atoms with Crippen molar-refractivity contribution in [3.63, 3.8) is 0 Å². The highest BCUT2D eigenvalue weighted by Crippen LogP contribution is 2.03. The van der Waals surface area contributed by atoms with Gasteiger partial charge in [-0.05, 0) is 31.7 Å². The molecule has 1 aromatic rings. The average molecular weight is 265 g/mol. The van der Waals surface area contributed by atoms with E-state index < -0.39 is 0 Å². The number of carbonyl (C=O) groups excluding carboxylic acids is 1. The highest BCUT2D eigenvalue weighted by atomic mass is 16.2. The number of amides is 1. The van der Waals surface area contributed by atoms with E-state index in [0.717, 1.165) is 32.2 Å². The molecule has 0 saturated carbocycles. The van der Waals surface area contributed by atoms with Crippen LogP contribution in [0.2, 0.25) is 0 Å². The number of unbranched alkanes of at least 4 members (excludes halogenated alkanes) is 1. The van der Waals surface area contributed by atoms with Gasteiger partial charge in [-0.3, -0.25) is 4.79 Å². The molecule has 1 amide bonds. The summed E-state index contributed by atoms with van der Waals surface area (Å²) in [5.41, 5.74) is 8.98. The van der Waals surface area contributed by atoms with Crippen molar-refractivity contribution in [1.29, 1.82) is 0 Å². The molecule has 0 unspecified atom stereocenters. The fourth-order valence-electron chi connectivity index (χ4n) is 2.08. The van der Waals surface area contributed by atoms with E-state index in [1.807, 2.05) is 25.1 Å². The number of rotatable bonds is 8. The molecule has 0 aliphatic heterocycles. The van der Waals surface area contributed by atoms with E-state index in [-0.39, 0.29) is 18.0 Å². The number of hydrogen-bond donors (Lipinski definition) is 3. The minimum absolute atomic E-state index is 0.0625. The van der Waals surface area contributed by atoms with Crippen LogP contribution in [0.5, 0.6) is 0 Å². The standard InChI is InChI=1S/C15H25N3O/c1-12(11-13-7-3-2-4-8-13)18-15(19)14(17)9-5-6-10-16/h2-4,7-8,12,14H,5-6,9-11,16-17H2,1H3,(H,18,19)/p+2/t12-,14+/m1/s1. The largest absolute Gasteiger partial charge is 0.358 e. The molecule has 1 rings (SSSR count). The predicted octanol–water partition coefficient (Wildman–Crippen LogP) is -0.243. The smallest absolute Gasteiger partial charge is 0.278 e. The van der Waals surface area contributed by atoms with Crippen molar-refractivity contribution in [2.45, 2.75) is 44.7 Å². The quantitative estimate of drug-likeness (QED) is 0.557. The van der Waals surface area contributed by atoms with Crippen LogP contribution in [0.3, 0.4) is 0 Å². The minimum Gasteiger partial charge on any atom is -0.358 e. The molecular formula is C15H27N3O+2. The van der Waals surface area contributed by atoms with E-state index in [4.69, 9.17) is 0 Å². The predicted molar refractivity (Wildman–Crippen MR) is 76.0 cm³/mol. The summed E-state index contributed by atoms with van der Waals surface area (Å²) in [4.78, 5) is 11.9. The SMILES string of the molecule is C[C@H](Cc1ccccc1)NC(=O)[C@@H]([NH3+])CCCC[NH3+]. The van der Waals surface area contributed by atoms with Gasteiger partial charge >= 0.3 is 0 Å². The van der Waals surface area contributed by atoms with Crippen LogP contribution in [-0.2, 0) is 11.2 Å². The summed E-state index contributed by atoms with van der Waals surface area (Å²) in [6.07, 6.45) is 3.80. The molecule has 0 spiro atoms. The van der Waals surface area contributed by atoms with Crippen molar-refractivity contribution in [2.24, 2.45) is 0 Å². The van der Waals surface area contributed by atoms with Crippen LogP contribution in [0.1, 0.15) is 31.7 Å². The van der Waals surface area contributed by atoms with Crippen LogP contribution in [0.25, 0.3) is 0 Å². The lowest BCUT2D eigenvalue weighted by Gasteiger charge is -2.16. The van der Waals surface area contributed by atoms with Crippen molar-refractivity contribution in [3.8, 4) is 0 Å². The highest BCUT2D eigenvalue weighted by Gasteiger charge is 2.18. The Bertz CT molecular complexity index is 367. The normalized spacial score (nSPS) is 13.8. The van der Waals surface area contributed by atoms with Gasteiger partial charge in [0.2, 0.25) is 0 Å². The van der Waals surface area contributed by atoms with Gasteiger partial charge in [0.25, 0.3) is 5.91 Å². The highest BCUT2D eigenvalue weighted by molar-refractivity contribution is 5.80. The second-order valence-electron chi connectivity index (χ2n) is 5.15. The fraction of sp³-hybridized carbons (Fsp3) is 0.533. The van der Waals surface area contributed by atoms with Crippen molar-refractivity contribution in [1.82, 2.24) is 5.32 Å². The topological polar surface area (TPSA) is 84.4 Å². The third-order valence-electron chi connectivity index (χ3n) is 3.20. The Labute approximate surface area is 115 Å². The molecule has 4 heteroatoms. The van der Waals surface area contributed by atoms with Gasteiger partial charge in [-0.25, -0.2) is 0 Å². The van der Waals surface area contributed by atoms with E-state index >= 15 is 0 Å². The van der Waals surface area contributed by atoms with Crippen molar-refractivity contribution < 1.29 is 16.3 Å². The van der Waals surface area contributed by atoms with E-state index in [2.05, 4.69) is 28.9 Å². The van der Waals surface area contributed by atoms with Gasteiger partial charge in [0, 0.05) is 12.5 Å². The molecule has 4 nitrogen and oxygen atoms in total. The number of quaternary nitrogens is 2. The maximum atomic E-state index is 11.9. The summed E-state index contributed by atoms with van der Waals surface area (Å²) in [6, 6.07) is 10.2. The average Bonchev–Trinajstić information content (AvgIpc) is 2.39. The molecule has 0 heterocycles. The molecule has 106 valence electrons. The van der Waals surface area contributed by atoms with Gasteiger partial charge < -0.3 is 16.8 Å². The number of nitrogens with one attached hydrogen (secondary N) is 1. The van der Waals surface area contributed by atoms with Crippen LogP contribution in [0, 0.1) is 0 Å². The van der Waals surface area contributed by atoms with Crippen LogP contribution in [0.15, 0.2) is 30.3 Å². The van der Waals surface area contributed by atoms with Gasteiger partial charge in [-0.2, -0.15) is 0 Å². The van der Waals surface area contributed by atoms with E-state index in [1.165, 1.54) is 5.56 Å². The molecule has 0 radical (unpaired) electrons. The lowest BCUT2D eigenvalue weighted by atomic mass is 10.1. The van der Waals surface area contributed by atoms with Crippen LogP contribution in [-0.4, -0.2) is 24.5 Å². The molecule has 0 saturated heterocycles. The molecule has 7 N–H and O–H groups in total. The summed E-state index contributed by atoms with van der Waals surface area (Å²) < 4.78 is 0. The van der Waals surface area contributed by atoms with Gasteiger partial charge in [-0.1, -0.05) is 30.3 Å². The zero-order valence-corrected chi connectivity index (χ0v) is 11.9. The maximum Gasteiger partial charge on any atom is 0.278 e.